The molecule has 6 heteroatoms. The lowest BCUT2D eigenvalue weighted by Gasteiger charge is -2.22. The fraction of sp³-hybridized carbons (Fsp3) is 0.200. The Morgan fingerprint density at radius 3 is 2.62 bits per heavy atom. The second kappa shape index (κ2) is 8.60. The summed E-state index contributed by atoms with van der Waals surface area (Å²) in [6.45, 7) is 3.20. The molecule has 134 valence electrons. The quantitative estimate of drug-likeness (QED) is 0.668. The zero-order valence-corrected chi connectivity index (χ0v) is 15.4. The highest BCUT2D eigenvalue weighted by molar-refractivity contribution is 7.07. The van der Waals surface area contributed by atoms with Gasteiger partial charge < -0.3 is 15.3 Å². The number of thiophene rings is 1. The first-order valence-corrected chi connectivity index (χ1v) is 9.31. The number of hydrogen-bond acceptors (Lipinski definition) is 5. The normalized spacial score (nSPS) is 10.5. The highest BCUT2D eigenvalue weighted by Crippen LogP contribution is 2.17. The highest BCUT2D eigenvalue weighted by Gasteiger charge is 2.11. The minimum atomic E-state index is -0.195. The van der Waals surface area contributed by atoms with Crippen molar-refractivity contribution in [3.63, 3.8) is 0 Å². The molecule has 3 rings (SSSR count). The SMILES string of the molecule is Cc1ccc(NC(=O)c2ccc(N(CCO)Cc3ccsc3)nc2)cc1. The second-order valence-electron chi connectivity index (χ2n) is 6.00. The minimum absolute atomic E-state index is 0.0431. The van der Waals surface area contributed by atoms with E-state index in [1.807, 2.05) is 47.5 Å². The van der Waals surface area contributed by atoms with Crippen molar-refractivity contribution in [3.05, 3.63) is 76.1 Å². The fourth-order valence-electron chi connectivity index (χ4n) is 2.55. The van der Waals surface area contributed by atoms with Crippen LogP contribution in [0.5, 0.6) is 0 Å². The van der Waals surface area contributed by atoms with Gasteiger partial charge in [0.05, 0.1) is 12.2 Å². The summed E-state index contributed by atoms with van der Waals surface area (Å²) < 4.78 is 0. The highest BCUT2D eigenvalue weighted by atomic mass is 32.1. The van der Waals surface area contributed by atoms with E-state index >= 15 is 0 Å². The molecule has 0 bridgehead atoms. The number of carbonyl (C=O) groups excluding carboxylic acids is 1. The van der Waals surface area contributed by atoms with E-state index in [4.69, 9.17) is 0 Å². The van der Waals surface area contributed by atoms with Gasteiger partial charge in [0.15, 0.2) is 0 Å². The van der Waals surface area contributed by atoms with Crippen LogP contribution in [0.1, 0.15) is 21.5 Å². The Labute approximate surface area is 156 Å². The van der Waals surface area contributed by atoms with Gasteiger partial charge in [-0.3, -0.25) is 4.79 Å². The van der Waals surface area contributed by atoms with Crippen LogP contribution < -0.4 is 10.2 Å². The first-order valence-electron chi connectivity index (χ1n) is 8.36. The smallest absolute Gasteiger partial charge is 0.257 e. The molecule has 1 aromatic carbocycles. The van der Waals surface area contributed by atoms with Crippen LogP contribution in [0.25, 0.3) is 0 Å². The van der Waals surface area contributed by atoms with E-state index in [-0.39, 0.29) is 12.5 Å². The van der Waals surface area contributed by atoms with Gasteiger partial charge in [0.2, 0.25) is 0 Å². The van der Waals surface area contributed by atoms with Crippen molar-refractivity contribution in [2.75, 3.05) is 23.4 Å². The lowest BCUT2D eigenvalue weighted by atomic mass is 10.2. The average Bonchev–Trinajstić information content (AvgIpc) is 3.16. The number of aliphatic hydroxyl groups excluding tert-OH is 1. The Hall–Kier alpha value is -2.70. The van der Waals surface area contributed by atoms with Gasteiger partial charge >= 0.3 is 0 Å². The van der Waals surface area contributed by atoms with E-state index in [1.165, 1.54) is 5.56 Å². The number of nitrogens with one attached hydrogen (secondary N) is 1. The molecule has 3 aromatic rings. The number of amides is 1. The maximum Gasteiger partial charge on any atom is 0.257 e. The molecule has 0 radical (unpaired) electrons. The molecule has 0 spiro atoms. The molecule has 0 aliphatic carbocycles. The molecule has 2 heterocycles. The number of aromatic nitrogens is 1. The summed E-state index contributed by atoms with van der Waals surface area (Å²) >= 11 is 1.64. The van der Waals surface area contributed by atoms with Crippen molar-refractivity contribution >= 4 is 28.7 Å². The molecule has 0 saturated carbocycles. The Kier molecular flexibility index (Phi) is 5.99. The number of rotatable bonds is 7. The molecule has 0 atom stereocenters. The van der Waals surface area contributed by atoms with Crippen LogP contribution in [0, 0.1) is 6.92 Å². The van der Waals surface area contributed by atoms with E-state index in [0.717, 1.165) is 17.1 Å². The molecule has 2 N–H and O–H groups in total. The van der Waals surface area contributed by atoms with Crippen molar-refractivity contribution in [1.29, 1.82) is 0 Å². The maximum atomic E-state index is 12.4. The summed E-state index contributed by atoms with van der Waals surface area (Å²) in [5, 5.41) is 16.3. The molecular weight excluding hydrogens is 346 g/mol. The van der Waals surface area contributed by atoms with Gasteiger partial charge in [0.1, 0.15) is 5.82 Å². The summed E-state index contributed by atoms with van der Waals surface area (Å²) in [7, 11) is 0. The predicted molar refractivity (Wildman–Crippen MR) is 106 cm³/mol. The van der Waals surface area contributed by atoms with E-state index in [2.05, 4.69) is 21.7 Å². The molecule has 1 amide bonds. The van der Waals surface area contributed by atoms with E-state index < -0.39 is 0 Å². The van der Waals surface area contributed by atoms with Crippen LogP contribution in [0.3, 0.4) is 0 Å². The zero-order valence-electron chi connectivity index (χ0n) is 14.6. The monoisotopic (exact) mass is 367 g/mol. The topological polar surface area (TPSA) is 65.5 Å². The van der Waals surface area contributed by atoms with Crippen LogP contribution in [-0.2, 0) is 6.54 Å². The summed E-state index contributed by atoms with van der Waals surface area (Å²) in [6.07, 6.45) is 1.57. The largest absolute Gasteiger partial charge is 0.395 e. The number of hydrogen-bond donors (Lipinski definition) is 2. The third-order valence-corrected chi connectivity index (χ3v) is 4.70. The van der Waals surface area contributed by atoms with E-state index in [9.17, 15) is 9.90 Å². The standard InChI is InChI=1S/C20H21N3O2S/c1-15-2-5-18(6-3-15)22-20(25)17-4-7-19(21-12-17)23(9-10-24)13-16-8-11-26-14-16/h2-8,11-12,14,24H,9-10,13H2,1H3,(H,22,25). The van der Waals surface area contributed by atoms with Crippen LogP contribution >= 0.6 is 11.3 Å². The Bertz CT molecular complexity index is 831. The molecule has 0 unspecified atom stereocenters. The molecule has 0 fully saturated rings. The van der Waals surface area contributed by atoms with Crippen molar-refractivity contribution in [3.8, 4) is 0 Å². The Morgan fingerprint density at radius 1 is 1.19 bits per heavy atom. The summed E-state index contributed by atoms with van der Waals surface area (Å²) in [5.74, 6) is 0.539. The lowest BCUT2D eigenvalue weighted by Crippen LogP contribution is -2.27. The molecule has 5 nitrogen and oxygen atoms in total. The molecule has 2 aromatic heterocycles. The number of anilines is 2. The number of aryl methyl sites for hydroxylation is 1. The van der Waals surface area contributed by atoms with Crippen LogP contribution in [0.4, 0.5) is 11.5 Å². The van der Waals surface area contributed by atoms with Gasteiger partial charge in [-0.15, -0.1) is 0 Å². The Balaban J connectivity index is 1.69. The third-order valence-electron chi connectivity index (χ3n) is 3.97. The maximum absolute atomic E-state index is 12.4. The van der Waals surface area contributed by atoms with Gasteiger partial charge in [0, 0.05) is 25.0 Å². The third kappa shape index (κ3) is 4.68. The molecule has 0 saturated heterocycles. The molecule has 0 aliphatic rings. The summed E-state index contributed by atoms with van der Waals surface area (Å²) in [6, 6.07) is 13.3. The average molecular weight is 367 g/mol. The zero-order chi connectivity index (χ0) is 18.4. The Morgan fingerprint density at radius 2 is 2.00 bits per heavy atom. The number of pyridine rings is 1. The number of benzene rings is 1. The summed E-state index contributed by atoms with van der Waals surface area (Å²) in [4.78, 5) is 18.8. The van der Waals surface area contributed by atoms with Gasteiger partial charge in [0.25, 0.3) is 5.91 Å². The molecule has 0 aliphatic heterocycles. The summed E-state index contributed by atoms with van der Waals surface area (Å²) in [5.41, 5.74) is 3.56. The van der Waals surface area contributed by atoms with Crippen molar-refractivity contribution < 1.29 is 9.90 Å². The number of nitrogens with zero attached hydrogens (tertiary/aromatic N) is 2. The van der Waals surface area contributed by atoms with Gasteiger partial charge in [-0.1, -0.05) is 17.7 Å². The van der Waals surface area contributed by atoms with Crippen LogP contribution in [-0.4, -0.2) is 29.1 Å². The van der Waals surface area contributed by atoms with Crippen LogP contribution in [0.2, 0.25) is 0 Å². The number of carbonyl (C=O) groups is 1. The van der Waals surface area contributed by atoms with Crippen LogP contribution in [0.15, 0.2) is 59.4 Å². The van der Waals surface area contributed by atoms with E-state index in [1.54, 1.807) is 23.6 Å². The van der Waals surface area contributed by atoms with Crippen molar-refractivity contribution in [2.45, 2.75) is 13.5 Å². The first-order chi connectivity index (χ1) is 12.7. The second-order valence-corrected chi connectivity index (χ2v) is 6.78. The first kappa shape index (κ1) is 18.1. The number of aliphatic hydroxyl groups is 1. The molecule has 26 heavy (non-hydrogen) atoms. The van der Waals surface area contributed by atoms with Gasteiger partial charge in [-0.25, -0.2) is 4.98 Å². The molecular formula is C20H21N3O2S. The lowest BCUT2D eigenvalue weighted by molar-refractivity contribution is 0.102. The van der Waals surface area contributed by atoms with E-state index in [0.29, 0.717) is 18.7 Å². The van der Waals surface area contributed by atoms with Gasteiger partial charge in [-0.05, 0) is 53.6 Å². The van der Waals surface area contributed by atoms with Crippen molar-refractivity contribution in [2.24, 2.45) is 0 Å². The van der Waals surface area contributed by atoms with Crippen molar-refractivity contribution in [1.82, 2.24) is 4.98 Å². The van der Waals surface area contributed by atoms with Gasteiger partial charge in [-0.2, -0.15) is 11.3 Å². The minimum Gasteiger partial charge on any atom is -0.395 e. The fourth-order valence-corrected chi connectivity index (χ4v) is 3.21. The predicted octanol–water partition coefficient (Wildman–Crippen LogP) is 3.70.